The molecule has 1 unspecified atom stereocenters. The molecule has 3 N–H and O–H groups in total. The fourth-order valence-corrected chi connectivity index (χ4v) is 2.12. The molecule has 4 nitrogen and oxygen atoms in total. The maximum atomic E-state index is 10.2. The summed E-state index contributed by atoms with van der Waals surface area (Å²) in [6, 6.07) is 8.07. The topological polar surface area (TPSA) is 58.7 Å². The van der Waals surface area contributed by atoms with Gasteiger partial charge in [0.2, 0.25) is 0 Å². The van der Waals surface area contributed by atoms with E-state index in [9.17, 15) is 5.11 Å². The Morgan fingerprint density at radius 1 is 1.39 bits per heavy atom. The highest BCUT2D eigenvalue weighted by molar-refractivity contribution is 5.39. The minimum atomic E-state index is -0.456. The largest absolute Gasteiger partial charge is 0.399 e. The van der Waals surface area contributed by atoms with Crippen LogP contribution in [-0.2, 0) is 4.74 Å². The summed E-state index contributed by atoms with van der Waals surface area (Å²) < 4.78 is 5.11. The van der Waals surface area contributed by atoms with E-state index in [1.54, 1.807) is 7.11 Å². The molecule has 1 aromatic rings. The third-order valence-electron chi connectivity index (χ3n) is 3.37. The molecule has 0 amide bonds. The van der Waals surface area contributed by atoms with E-state index in [0.717, 1.165) is 17.8 Å². The Morgan fingerprint density at radius 2 is 2.06 bits per heavy atom. The van der Waals surface area contributed by atoms with Gasteiger partial charge in [0.15, 0.2) is 0 Å². The Bertz CT molecular complexity index is 363. The fraction of sp³-hybridized carbons (Fsp3) is 0.571. The van der Waals surface area contributed by atoms with Crippen molar-refractivity contribution in [2.75, 3.05) is 32.5 Å². The van der Waals surface area contributed by atoms with Gasteiger partial charge in [-0.1, -0.05) is 12.1 Å². The van der Waals surface area contributed by atoms with Gasteiger partial charge in [-0.15, -0.1) is 0 Å². The van der Waals surface area contributed by atoms with Gasteiger partial charge in [0, 0.05) is 31.9 Å². The van der Waals surface area contributed by atoms with Crippen LogP contribution in [0.1, 0.15) is 24.5 Å². The third kappa shape index (κ3) is 3.70. The SMILES string of the molecule is COCCN(CC(O)c1ccc(N)cc1)C1CC1. The molecule has 0 radical (unpaired) electrons. The standard InChI is InChI=1S/C14H22N2O2/c1-18-9-8-16(13-6-7-13)10-14(17)11-2-4-12(15)5-3-11/h2-5,13-14,17H,6-10,15H2,1H3. The molecule has 1 saturated carbocycles. The molecule has 1 aliphatic rings. The molecule has 0 bridgehead atoms. The highest BCUT2D eigenvalue weighted by Gasteiger charge is 2.30. The summed E-state index contributed by atoms with van der Waals surface area (Å²) in [7, 11) is 1.71. The first-order valence-corrected chi connectivity index (χ1v) is 6.47. The van der Waals surface area contributed by atoms with Crippen molar-refractivity contribution in [1.29, 1.82) is 0 Å². The van der Waals surface area contributed by atoms with Crippen LogP contribution in [-0.4, -0.2) is 42.9 Å². The van der Waals surface area contributed by atoms with Crippen LogP contribution < -0.4 is 5.73 Å². The summed E-state index contributed by atoms with van der Waals surface area (Å²) >= 11 is 0. The first-order valence-electron chi connectivity index (χ1n) is 6.47. The second-order valence-electron chi connectivity index (χ2n) is 4.90. The van der Waals surface area contributed by atoms with Crippen molar-refractivity contribution in [3.63, 3.8) is 0 Å². The number of hydrogen-bond acceptors (Lipinski definition) is 4. The lowest BCUT2D eigenvalue weighted by atomic mass is 10.1. The van der Waals surface area contributed by atoms with Crippen molar-refractivity contribution >= 4 is 5.69 Å². The van der Waals surface area contributed by atoms with Crippen molar-refractivity contribution in [2.24, 2.45) is 0 Å². The van der Waals surface area contributed by atoms with Crippen LogP contribution in [0.3, 0.4) is 0 Å². The van der Waals surface area contributed by atoms with Crippen molar-refractivity contribution in [1.82, 2.24) is 4.90 Å². The van der Waals surface area contributed by atoms with Crippen LogP contribution in [0.15, 0.2) is 24.3 Å². The van der Waals surface area contributed by atoms with E-state index in [-0.39, 0.29) is 0 Å². The van der Waals surface area contributed by atoms with Gasteiger partial charge in [-0.25, -0.2) is 0 Å². The summed E-state index contributed by atoms with van der Waals surface area (Å²) in [5, 5.41) is 10.2. The molecule has 1 fully saturated rings. The lowest BCUT2D eigenvalue weighted by Crippen LogP contribution is -2.33. The summed E-state index contributed by atoms with van der Waals surface area (Å²) in [4.78, 5) is 2.31. The summed E-state index contributed by atoms with van der Waals surface area (Å²) in [5.74, 6) is 0. The van der Waals surface area contributed by atoms with E-state index in [1.165, 1.54) is 12.8 Å². The van der Waals surface area contributed by atoms with E-state index < -0.39 is 6.10 Å². The summed E-state index contributed by atoms with van der Waals surface area (Å²) in [6.07, 6.45) is 2.01. The Morgan fingerprint density at radius 3 is 2.61 bits per heavy atom. The molecule has 18 heavy (non-hydrogen) atoms. The Hall–Kier alpha value is -1.10. The van der Waals surface area contributed by atoms with Gasteiger partial charge in [0.05, 0.1) is 12.7 Å². The molecule has 1 aromatic carbocycles. The number of methoxy groups -OCH3 is 1. The van der Waals surface area contributed by atoms with Crippen LogP contribution in [0.5, 0.6) is 0 Å². The molecule has 100 valence electrons. The Kier molecular flexibility index (Phi) is 4.58. The zero-order valence-corrected chi connectivity index (χ0v) is 10.9. The highest BCUT2D eigenvalue weighted by atomic mass is 16.5. The van der Waals surface area contributed by atoms with Gasteiger partial charge < -0.3 is 15.6 Å². The van der Waals surface area contributed by atoms with Crippen molar-refractivity contribution in [3.8, 4) is 0 Å². The van der Waals surface area contributed by atoms with Crippen LogP contribution in [0.2, 0.25) is 0 Å². The first-order chi connectivity index (χ1) is 8.70. The normalized spacial score (nSPS) is 17.1. The van der Waals surface area contributed by atoms with Gasteiger partial charge in [-0.3, -0.25) is 4.90 Å². The minimum absolute atomic E-state index is 0.456. The molecule has 0 spiro atoms. The average molecular weight is 250 g/mol. The molecule has 0 aromatic heterocycles. The van der Waals surface area contributed by atoms with Gasteiger partial charge >= 0.3 is 0 Å². The Balaban J connectivity index is 1.91. The zero-order valence-electron chi connectivity index (χ0n) is 10.9. The number of aliphatic hydroxyl groups is 1. The molecule has 1 aliphatic carbocycles. The number of hydrogen-bond donors (Lipinski definition) is 2. The number of rotatable bonds is 7. The number of nitrogens with two attached hydrogens (primary N) is 1. The van der Waals surface area contributed by atoms with Gasteiger partial charge in [-0.05, 0) is 30.5 Å². The van der Waals surface area contributed by atoms with Crippen LogP contribution in [0, 0.1) is 0 Å². The van der Waals surface area contributed by atoms with E-state index in [2.05, 4.69) is 4.90 Å². The van der Waals surface area contributed by atoms with E-state index in [0.29, 0.717) is 19.2 Å². The number of aliphatic hydroxyl groups excluding tert-OH is 1. The second-order valence-corrected chi connectivity index (χ2v) is 4.90. The second kappa shape index (κ2) is 6.18. The third-order valence-corrected chi connectivity index (χ3v) is 3.37. The van der Waals surface area contributed by atoms with Crippen molar-refractivity contribution in [3.05, 3.63) is 29.8 Å². The molecule has 0 aliphatic heterocycles. The van der Waals surface area contributed by atoms with Crippen molar-refractivity contribution in [2.45, 2.75) is 25.0 Å². The molecule has 0 saturated heterocycles. The van der Waals surface area contributed by atoms with E-state index in [1.807, 2.05) is 24.3 Å². The lowest BCUT2D eigenvalue weighted by Gasteiger charge is -2.24. The molecular weight excluding hydrogens is 228 g/mol. The highest BCUT2D eigenvalue weighted by Crippen LogP contribution is 2.28. The average Bonchev–Trinajstić information content (AvgIpc) is 3.19. The number of benzene rings is 1. The predicted octanol–water partition coefficient (Wildman–Crippen LogP) is 1.41. The smallest absolute Gasteiger partial charge is 0.0917 e. The predicted molar refractivity (Wildman–Crippen MR) is 72.3 cm³/mol. The minimum Gasteiger partial charge on any atom is -0.399 e. The molecular formula is C14H22N2O2. The van der Waals surface area contributed by atoms with Gasteiger partial charge in [0.1, 0.15) is 0 Å². The maximum Gasteiger partial charge on any atom is 0.0917 e. The van der Waals surface area contributed by atoms with Gasteiger partial charge in [0.25, 0.3) is 0 Å². The summed E-state index contributed by atoms with van der Waals surface area (Å²) in [6.45, 7) is 2.26. The monoisotopic (exact) mass is 250 g/mol. The molecule has 4 heteroatoms. The zero-order chi connectivity index (χ0) is 13.0. The van der Waals surface area contributed by atoms with Crippen molar-refractivity contribution < 1.29 is 9.84 Å². The molecule has 2 rings (SSSR count). The van der Waals surface area contributed by atoms with Crippen LogP contribution in [0.25, 0.3) is 0 Å². The number of nitrogens with zero attached hydrogens (tertiary/aromatic N) is 1. The number of nitrogen functional groups attached to an aromatic ring is 1. The lowest BCUT2D eigenvalue weighted by molar-refractivity contribution is 0.0846. The van der Waals surface area contributed by atoms with Gasteiger partial charge in [-0.2, -0.15) is 0 Å². The summed E-state index contributed by atoms with van der Waals surface area (Å²) in [5.41, 5.74) is 7.29. The maximum absolute atomic E-state index is 10.2. The van der Waals surface area contributed by atoms with E-state index in [4.69, 9.17) is 10.5 Å². The molecule has 0 heterocycles. The quantitative estimate of drug-likeness (QED) is 0.718. The first kappa shape index (κ1) is 13.3. The number of anilines is 1. The van der Waals surface area contributed by atoms with E-state index >= 15 is 0 Å². The van der Waals surface area contributed by atoms with Crippen LogP contribution in [0.4, 0.5) is 5.69 Å². The fourth-order valence-electron chi connectivity index (χ4n) is 2.12. The molecule has 1 atom stereocenters. The Labute approximate surface area is 108 Å². The number of ether oxygens (including phenoxy) is 1. The van der Waals surface area contributed by atoms with Crippen LogP contribution >= 0.6 is 0 Å².